The zero-order valence-electron chi connectivity index (χ0n) is 14.5. The lowest BCUT2D eigenvalue weighted by molar-refractivity contribution is -0.146. The molecule has 0 spiro atoms. The topological polar surface area (TPSA) is 57.6 Å². The highest BCUT2D eigenvalue weighted by Gasteiger charge is 2.33. The zero-order chi connectivity index (χ0) is 16.5. The molecule has 1 saturated carbocycles. The highest BCUT2D eigenvalue weighted by atomic mass is 16.4. The Bertz CT molecular complexity index is 348. The Morgan fingerprint density at radius 1 is 1.05 bits per heavy atom. The van der Waals surface area contributed by atoms with Gasteiger partial charge in [-0.15, -0.1) is 0 Å². The third-order valence-electron chi connectivity index (χ3n) is 4.95. The van der Waals surface area contributed by atoms with Crippen LogP contribution >= 0.6 is 0 Å². The second-order valence-electron chi connectivity index (χ2n) is 6.76. The quantitative estimate of drug-likeness (QED) is 0.653. The maximum Gasteiger partial charge on any atom is 0.306 e. The van der Waals surface area contributed by atoms with Gasteiger partial charge in [0.1, 0.15) is 0 Å². The van der Waals surface area contributed by atoms with Crippen LogP contribution in [0.3, 0.4) is 0 Å². The monoisotopic (exact) mass is 311 g/mol. The molecule has 1 rings (SSSR count). The largest absolute Gasteiger partial charge is 0.481 e. The Morgan fingerprint density at radius 2 is 1.64 bits per heavy atom. The van der Waals surface area contributed by atoms with Crippen LogP contribution < -0.4 is 0 Å². The number of nitrogens with zero attached hydrogens (tertiary/aromatic N) is 1. The van der Waals surface area contributed by atoms with Crippen LogP contribution in [-0.2, 0) is 9.59 Å². The summed E-state index contributed by atoms with van der Waals surface area (Å²) in [6.45, 7) is 7.33. The molecule has 1 aliphatic carbocycles. The summed E-state index contributed by atoms with van der Waals surface area (Å²) < 4.78 is 0. The van der Waals surface area contributed by atoms with E-state index in [2.05, 4.69) is 25.7 Å². The van der Waals surface area contributed by atoms with Crippen LogP contribution in [0.2, 0.25) is 0 Å². The number of hydrogen-bond donors (Lipinski definition) is 1. The van der Waals surface area contributed by atoms with Crippen molar-refractivity contribution in [3.63, 3.8) is 0 Å². The first kappa shape index (κ1) is 19.0. The third kappa shape index (κ3) is 5.62. The van der Waals surface area contributed by atoms with Crippen LogP contribution in [0.5, 0.6) is 0 Å². The first-order valence-corrected chi connectivity index (χ1v) is 9.04. The third-order valence-corrected chi connectivity index (χ3v) is 4.95. The SMILES string of the molecule is CCCCCN(C(=O)C1CCC(C(=O)O)CC1)C(C)CCC. The Morgan fingerprint density at radius 3 is 2.14 bits per heavy atom. The minimum Gasteiger partial charge on any atom is -0.481 e. The fraction of sp³-hybridized carbons (Fsp3) is 0.889. The van der Waals surface area contributed by atoms with Crippen LogP contribution in [-0.4, -0.2) is 34.5 Å². The number of carbonyl (C=O) groups excluding carboxylic acids is 1. The minimum absolute atomic E-state index is 0.0385. The summed E-state index contributed by atoms with van der Waals surface area (Å²) in [6, 6.07) is 0.298. The predicted molar refractivity (Wildman–Crippen MR) is 88.7 cm³/mol. The van der Waals surface area contributed by atoms with Gasteiger partial charge in [0.05, 0.1) is 5.92 Å². The lowest BCUT2D eigenvalue weighted by atomic mass is 9.81. The summed E-state index contributed by atoms with van der Waals surface area (Å²) >= 11 is 0. The summed E-state index contributed by atoms with van der Waals surface area (Å²) in [6.07, 6.45) is 8.29. The van der Waals surface area contributed by atoms with Crippen LogP contribution in [0.15, 0.2) is 0 Å². The van der Waals surface area contributed by atoms with E-state index in [0.29, 0.717) is 18.9 Å². The second kappa shape index (κ2) is 9.86. The Hall–Kier alpha value is -1.06. The highest BCUT2D eigenvalue weighted by Crippen LogP contribution is 2.31. The predicted octanol–water partition coefficient (Wildman–Crippen LogP) is 4.08. The van der Waals surface area contributed by atoms with E-state index in [1.165, 1.54) is 0 Å². The number of rotatable bonds is 9. The van der Waals surface area contributed by atoms with E-state index in [0.717, 1.165) is 51.5 Å². The van der Waals surface area contributed by atoms with Crippen LogP contribution in [0.25, 0.3) is 0 Å². The molecule has 1 N–H and O–H groups in total. The molecular weight excluding hydrogens is 278 g/mol. The minimum atomic E-state index is -0.704. The molecule has 0 aromatic carbocycles. The number of aliphatic carboxylic acids is 1. The van der Waals surface area contributed by atoms with Gasteiger partial charge < -0.3 is 10.0 Å². The summed E-state index contributed by atoms with van der Waals surface area (Å²) in [5, 5.41) is 9.08. The molecule has 1 unspecified atom stereocenters. The first-order chi connectivity index (χ1) is 10.5. The van der Waals surface area contributed by atoms with Gasteiger partial charge in [-0.1, -0.05) is 33.1 Å². The zero-order valence-corrected chi connectivity index (χ0v) is 14.5. The van der Waals surface area contributed by atoms with E-state index in [9.17, 15) is 9.59 Å². The Balaban J connectivity index is 2.60. The molecule has 1 fully saturated rings. The van der Waals surface area contributed by atoms with Gasteiger partial charge in [-0.2, -0.15) is 0 Å². The van der Waals surface area contributed by atoms with Gasteiger partial charge in [-0.05, 0) is 45.4 Å². The average molecular weight is 311 g/mol. The van der Waals surface area contributed by atoms with Crippen molar-refractivity contribution in [2.75, 3.05) is 6.54 Å². The smallest absolute Gasteiger partial charge is 0.306 e. The summed E-state index contributed by atoms with van der Waals surface area (Å²) in [7, 11) is 0. The number of carbonyl (C=O) groups is 2. The van der Waals surface area contributed by atoms with E-state index in [-0.39, 0.29) is 17.7 Å². The maximum atomic E-state index is 12.9. The van der Waals surface area contributed by atoms with Crippen molar-refractivity contribution in [2.24, 2.45) is 11.8 Å². The molecule has 128 valence electrons. The van der Waals surface area contributed by atoms with Crippen LogP contribution in [0, 0.1) is 11.8 Å². The Kier molecular flexibility index (Phi) is 8.51. The highest BCUT2D eigenvalue weighted by molar-refractivity contribution is 5.79. The lowest BCUT2D eigenvalue weighted by Crippen LogP contribution is -2.44. The summed E-state index contributed by atoms with van der Waals surface area (Å²) in [5.41, 5.74) is 0. The van der Waals surface area contributed by atoms with Crippen molar-refractivity contribution in [1.29, 1.82) is 0 Å². The van der Waals surface area contributed by atoms with E-state index >= 15 is 0 Å². The fourth-order valence-electron chi connectivity index (χ4n) is 3.48. The standard InChI is InChI=1S/C18H33NO3/c1-4-6-7-13-19(14(3)8-5-2)17(20)15-9-11-16(12-10-15)18(21)22/h14-16H,4-13H2,1-3H3,(H,21,22). The van der Waals surface area contributed by atoms with E-state index in [4.69, 9.17) is 5.11 Å². The van der Waals surface area contributed by atoms with E-state index < -0.39 is 5.97 Å². The normalized spacial score (nSPS) is 23.0. The van der Waals surface area contributed by atoms with Crippen molar-refractivity contribution >= 4 is 11.9 Å². The molecule has 4 nitrogen and oxygen atoms in total. The molecule has 1 amide bonds. The molecule has 0 aromatic heterocycles. The number of carboxylic acids is 1. The molecule has 0 heterocycles. The molecule has 0 radical (unpaired) electrons. The molecule has 1 atom stereocenters. The van der Waals surface area contributed by atoms with Crippen molar-refractivity contribution in [1.82, 2.24) is 4.90 Å². The van der Waals surface area contributed by atoms with Crippen LogP contribution in [0.1, 0.15) is 78.6 Å². The molecule has 22 heavy (non-hydrogen) atoms. The summed E-state index contributed by atoms with van der Waals surface area (Å²) in [5.74, 6) is -0.645. The van der Waals surface area contributed by atoms with Crippen molar-refractivity contribution in [3.05, 3.63) is 0 Å². The van der Waals surface area contributed by atoms with Gasteiger partial charge in [0.15, 0.2) is 0 Å². The van der Waals surface area contributed by atoms with E-state index in [1.807, 2.05) is 0 Å². The number of carboxylic acid groups (broad SMARTS) is 1. The summed E-state index contributed by atoms with van der Waals surface area (Å²) in [4.78, 5) is 26.0. The lowest BCUT2D eigenvalue weighted by Gasteiger charge is -2.35. The fourth-order valence-corrected chi connectivity index (χ4v) is 3.48. The average Bonchev–Trinajstić information content (AvgIpc) is 2.51. The van der Waals surface area contributed by atoms with Crippen molar-refractivity contribution in [3.8, 4) is 0 Å². The molecule has 0 saturated heterocycles. The number of hydrogen-bond acceptors (Lipinski definition) is 2. The van der Waals surface area contributed by atoms with Gasteiger partial charge in [0.25, 0.3) is 0 Å². The second-order valence-corrected chi connectivity index (χ2v) is 6.76. The number of unbranched alkanes of at least 4 members (excludes halogenated alkanes) is 2. The first-order valence-electron chi connectivity index (χ1n) is 9.04. The molecule has 0 aromatic rings. The van der Waals surface area contributed by atoms with Gasteiger partial charge in [0.2, 0.25) is 5.91 Å². The van der Waals surface area contributed by atoms with Crippen LogP contribution in [0.4, 0.5) is 0 Å². The van der Waals surface area contributed by atoms with Gasteiger partial charge in [-0.3, -0.25) is 9.59 Å². The van der Waals surface area contributed by atoms with Gasteiger partial charge in [0, 0.05) is 18.5 Å². The molecule has 0 aliphatic heterocycles. The maximum absolute atomic E-state index is 12.9. The molecule has 4 heteroatoms. The van der Waals surface area contributed by atoms with Crippen molar-refractivity contribution < 1.29 is 14.7 Å². The molecule has 0 bridgehead atoms. The number of amides is 1. The van der Waals surface area contributed by atoms with Crippen molar-refractivity contribution in [2.45, 2.75) is 84.6 Å². The van der Waals surface area contributed by atoms with Gasteiger partial charge in [-0.25, -0.2) is 0 Å². The Labute approximate surface area is 135 Å². The van der Waals surface area contributed by atoms with E-state index in [1.54, 1.807) is 0 Å². The molecular formula is C18H33NO3. The van der Waals surface area contributed by atoms with Gasteiger partial charge >= 0.3 is 5.97 Å². The molecule has 1 aliphatic rings.